The molecule has 5 nitrogen and oxygen atoms in total. The summed E-state index contributed by atoms with van der Waals surface area (Å²) in [6, 6.07) is 7.81. The summed E-state index contributed by atoms with van der Waals surface area (Å²) in [6.07, 6.45) is 7.28. The Morgan fingerprint density at radius 3 is 2.81 bits per heavy atom. The van der Waals surface area contributed by atoms with Gasteiger partial charge in [0.25, 0.3) is 0 Å². The van der Waals surface area contributed by atoms with E-state index in [1.54, 1.807) is 19.5 Å². The average molecular weight is 280 g/mol. The molecule has 0 aliphatic heterocycles. The minimum Gasteiger partial charge on any atom is -0.481 e. The van der Waals surface area contributed by atoms with Crippen molar-refractivity contribution in [2.45, 2.75) is 13.5 Å². The van der Waals surface area contributed by atoms with Crippen molar-refractivity contribution < 1.29 is 4.74 Å². The van der Waals surface area contributed by atoms with Crippen LogP contribution in [-0.2, 0) is 6.54 Å². The third kappa shape index (κ3) is 2.76. The first-order valence-corrected chi connectivity index (χ1v) is 6.70. The maximum Gasteiger partial charge on any atom is 0.213 e. The van der Waals surface area contributed by atoms with E-state index in [1.807, 2.05) is 30.6 Å². The molecule has 0 saturated carbocycles. The van der Waals surface area contributed by atoms with Crippen molar-refractivity contribution in [1.29, 1.82) is 0 Å². The summed E-state index contributed by atoms with van der Waals surface area (Å²) in [4.78, 5) is 13.0. The van der Waals surface area contributed by atoms with Gasteiger partial charge in [-0.1, -0.05) is 6.07 Å². The second-order valence-corrected chi connectivity index (χ2v) is 4.73. The molecule has 0 N–H and O–H groups in total. The van der Waals surface area contributed by atoms with Crippen molar-refractivity contribution in [3.63, 3.8) is 0 Å². The number of hydrogen-bond acceptors (Lipinski definition) is 4. The molecule has 0 aromatic carbocycles. The maximum atomic E-state index is 5.17. The second kappa shape index (κ2) is 5.75. The molecule has 5 heteroatoms. The highest BCUT2D eigenvalue weighted by Gasteiger charge is 2.09. The highest BCUT2D eigenvalue weighted by molar-refractivity contribution is 5.56. The van der Waals surface area contributed by atoms with E-state index in [4.69, 9.17) is 4.74 Å². The number of rotatable bonds is 4. The van der Waals surface area contributed by atoms with Crippen LogP contribution in [0.25, 0.3) is 11.4 Å². The number of hydrogen-bond donors (Lipinski definition) is 0. The molecule has 0 unspecified atom stereocenters. The molecule has 0 radical (unpaired) electrons. The molecule has 0 fully saturated rings. The largest absolute Gasteiger partial charge is 0.481 e. The van der Waals surface area contributed by atoms with E-state index in [0.717, 1.165) is 17.1 Å². The molecule has 0 aliphatic carbocycles. The lowest BCUT2D eigenvalue weighted by Gasteiger charge is -2.10. The van der Waals surface area contributed by atoms with Gasteiger partial charge in [0.1, 0.15) is 5.82 Å². The molecule has 0 bridgehead atoms. The normalized spacial score (nSPS) is 10.6. The molecule has 3 rings (SSSR count). The number of aryl methyl sites for hydroxylation is 1. The summed E-state index contributed by atoms with van der Waals surface area (Å²) >= 11 is 0. The van der Waals surface area contributed by atoms with Crippen LogP contribution in [0.5, 0.6) is 5.88 Å². The van der Waals surface area contributed by atoms with Crippen LogP contribution < -0.4 is 4.74 Å². The number of imidazole rings is 1. The number of pyridine rings is 2. The Labute approximate surface area is 123 Å². The van der Waals surface area contributed by atoms with E-state index in [9.17, 15) is 0 Å². The van der Waals surface area contributed by atoms with Crippen molar-refractivity contribution in [3.8, 4) is 17.3 Å². The molecule has 0 aliphatic rings. The molecule has 0 amide bonds. The average Bonchev–Trinajstić information content (AvgIpc) is 2.98. The van der Waals surface area contributed by atoms with Crippen molar-refractivity contribution in [3.05, 3.63) is 60.3 Å². The molecule has 0 atom stereocenters. The lowest BCUT2D eigenvalue weighted by atomic mass is 10.2. The number of aromatic nitrogens is 4. The first-order valence-electron chi connectivity index (χ1n) is 6.70. The molecule has 3 aromatic heterocycles. The van der Waals surface area contributed by atoms with Gasteiger partial charge in [-0.2, -0.15) is 0 Å². The third-order valence-electron chi connectivity index (χ3n) is 3.36. The summed E-state index contributed by atoms with van der Waals surface area (Å²) in [5.74, 6) is 1.46. The van der Waals surface area contributed by atoms with Crippen LogP contribution in [0.4, 0.5) is 0 Å². The molecule has 0 saturated heterocycles. The smallest absolute Gasteiger partial charge is 0.213 e. The third-order valence-corrected chi connectivity index (χ3v) is 3.36. The van der Waals surface area contributed by atoms with Crippen LogP contribution in [0.1, 0.15) is 11.3 Å². The molecule has 0 spiro atoms. The van der Waals surface area contributed by atoms with Gasteiger partial charge in [-0.25, -0.2) is 9.97 Å². The fourth-order valence-corrected chi connectivity index (χ4v) is 2.20. The quantitative estimate of drug-likeness (QED) is 0.737. The Hall–Kier alpha value is -2.69. The summed E-state index contributed by atoms with van der Waals surface area (Å²) in [5.41, 5.74) is 3.18. The minimum atomic E-state index is 0.580. The van der Waals surface area contributed by atoms with E-state index in [0.29, 0.717) is 12.4 Å². The molecular weight excluding hydrogens is 264 g/mol. The van der Waals surface area contributed by atoms with Crippen molar-refractivity contribution in [2.24, 2.45) is 0 Å². The van der Waals surface area contributed by atoms with Crippen LogP contribution in [0, 0.1) is 6.92 Å². The van der Waals surface area contributed by atoms with Gasteiger partial charge in [0, 0.05) is 36.4 Å². The Morgan fingerprint density at radius 1 is 1.10 bits per heavy atom. The SMILES string of the molecule is COc1cc(-c2nccn2Cc2ncccc2C)ccn1. The Bertz CT molecular complexity index is 751. The van der Waals surface area contributed by atoms with E-state index in [2.05, 4.69) is 32.5 Å². The van der Waals surface area contributed by atoms with E-state index >= 15 is 0 Å². The summed E-state index contributed by atoms with van der Waals surface area (Å²) in [7, 11) is 1.61. The monoisotopic (exact) mass is 280 g/mol. The Morgan fingerprint density at radius 2 is 2.00 bits per heavy atom. The predicted octanol–water partition coefficient (Wildman–Crippen LogP) is 2.71. The minimum absolute atomic E-state index is 0.580. The van der Waals surface area contributed by atoms with Crippen LogP contribution in [0.15, 0.2) is 49.1 Å². The first-order chi connectivity index (χ1) is 10.3. The Balaban J connectivity index is 1.95. The van der Waals surface area contributed by atoms with Crippen LogP contribution in [-0.4, -0.2) is 26.6 Å². The summed E-state index contributed by atoms with van der Waals surface area (Å²) in [5, 5.41) is 0. The van der Waals surface area contributed by atoms with Gasteiger partial charge in [-0.15, -0.1) is 0 Å². The Kier molecular flexibility index (Phi) is 3.64. The fraction of sp³-hybridized carbons (Fsp3) is 0.188. The molecular formula is C16H16N4O. The van der Waals surface area contributed by atoms with E-state index in [-0.39, 0.29) is 0 Å². The van der Waals surface area contributed by atoms with Crippen LogP contribution in [0.3, 0.4) is 0 Å². The number of methoxy groups -OCH3 is 1. The van der Waals surface area contributed by atoms with Gasteiger partial charge in [-0.05, 0) is 24.6 Å². The molecule has 3 aromatic rings. The van der Waals surface area contributed by atoms with E-state index in [1.165, 1.54) is 5.56 Å². The van der Waals surface area contributed by atoms with E-state index < -0.39 is 0 Å². The summed E-state index contributed by atoms with van der Waals surface area (Å²) in [6.45, 7) is 2.75. The first kappa shape index (κ1) is 13.3. The lowest BCUT2D eigenvalue weighted by molar-refractivity contribution is 0.398. The van der Waals surface area contributed by atoms with Gasteiger partial charge < -0.3 is 9.30 Å². The van der Waals surface area contributed by atoms with Gasteiger partial charge in [-0.3, -0.25) is 4.98 Å². The second-order valence-electron chi connectivity index (χ2n) is 4.73. The van der Waals surface area contributed by atoms with Gasteiger partial charge in [0.05, 0.1) is 19.3 Å². The van der Waals surface area contributed by atoms with Gasteiger partial charge in [0.15, 0.2) is 0 Å². The molecule has 21 heavy (non-hydrogen) atoms. The van der Waals surface area contributed by atoms with Crippen molar-refractivity contribution in [1.82, 2.24) is 19.5 Å². The van der Waals surface area contributed by atoms with Gasteiger partial charge in [0.2, 0.25) is 5.88 Å². The predicted molar refractivity (Wildman–Crippen MR) is 80.1 cm³/mol. The van der Waals surface area contributed by atoms with Crippen molar-refractivity contribution >= 4 is 0 Å². The number of ether oxygens (including phenoxy) is 1. The van der Waals surface area contributed by atoms with Gasteiger partial charge >= 0.3 is 0 Å². The topological polar surface area (TPSA) is 52.8 Å². The number of nitrogens with zero attached hydrogens (tertiary/aromatic N) is 4. The fourth-order valence-electron chi connectivity index (χ4n) is 2.20. The summed E-state index contributed by atoms with van der Waals surface area (Å²) < 4.78 is 7.24. The zero-order valence-electron chi connectivity index (χ0n) is 12.0. The standard InChI is InChI=1S/C16H16N4O/c1-12-4-3-6-17-14(12)11-20-9-8-19-16(20)13-5-7-18-15(10-13)21-2/h3-10H,11H2,1-2H3. The molecule has 106 valence electrons. The lowest BCUT2D eigenvalue weighted by Crippen LogP contribution is -2.04. The molecule has 3 heterocycles. The highest BCUT2D eigenvalue weighted by Crippen LogP contribution is 2.21. The zero-order valence-corrected chi connectivity index (χ0v) is 12.0. The zero-order chi connectivity index (χ0) is 14.7. The van der Waals surface area contributed by atoms with Crippen molar-refractivity contribution in [2.75, 3.05) is 7.11 Å². The highest BCUT2D eigenvalue weighted by atomic mass is 16.5. The maximum absolute atomic E-state index is 5.17. The van der Waals surface area contributed by atoms with Crippen LogP contribution in [0.2, 0.25) is 0 Å². The van der Waals surface area contributed by atoms with Crippen LogP contribution >= 0.6 is 0 Å².